The quantitative estimate of drug-likeness (QED) is 0.678. The topological polar surface area (TPSA) is 56.1 Å². The number of ether oxygens (including phenoxy) is 1. The van der Waals surface area contributed by atoms with Gasteiger partial charge in [-0.1, -0.05) is 42.5 Å². The normalized spacial score (nSPS) is 11.7. The summed E-state index contributed by atoms with van der Waals surface area (Å²) in [5, 5.41) is 3.15. The summed E-state index contributed by atoms with van der Waals surface area (Å²) in [6, 6.07) is 17.7. The van der Waals surface area contributed by atoms with E-state index in [1.807, 2.05) is 65.4 Å². The maximum Gasteiger partial charge on any atom is 0.220 e. The monoisotopic (exact) mass is 349 g/mol. The molecule has 1 N–H and O–H groups in total. The van der Waals surface area contributed by atoms with Crippen LogP contribution in [0, 0.1) is 0 Å². The lowest BCUT2D eigenvalue weighted by molar-refractivity contribution is -0.121. The molecule has 0 aliphatic carbocycles. The number of benzene rings is 2. The second kappa shape index (κ2) is 8.85. The summed E-state index contributed by atoms with van der Waals surface area (Å²) in [6.07, 6.45) is 6.51. The van der Waals surface area contributed by atoms with Crippen LogP contribution in [0.3, 0.4) is 0 Å². The molecule has 1 amide bonds. The van der Waals surface area contributed by atoms with E-state index in [4.69, 9.17) is 4.74 Å². The average Bonchev–Trinajstić information content (AvgIpc) is 3.20. The van der Waals surface area contributed by atoms with Crippen molar-refractivity contribution in [3.8, 4) is 5.75 Å². The Bertz CT molecular complexity index is 816. The van der Waals surface area contributed by atoms with E-state index in [1.54, 1.807) is 19.6 Å². The maximum atomic E-state index is 12.5. The second-order valence-electron chi connectivity index (χ2n) is 6.14. The standard InChI is InChI=1S/C21H23N3O2/c1-26-19-9-5-6-17(14-19)10-11-21(25)23-20(15-24-13-12-22-16-24)18-7-3-2-4-8-18/h2-9,12-14,16,20H,10-11,15H2,1H3,(H,23,25)/t20-/m0/s1. The van der Waals surface area contributed by atoms with Gasteiger partial charge in [0.2, 0.25) is 5.91 Å². The number of hydrogen-bond acceptors (Lipinski definition) is 3. The number of methoxy groups -OCH3 is 1. The van der Waals surface area contributed by atoms with Crippen molar-refractivity contribution in [1.29, 1.82) is 0 Å². The molecule has 3 aromatic rings. The third kappa shape index (κ3) is 4.96. The first kappa shape index (κ1) is 17.7. The minimum atomic E-state index is -0.0943. The molecule has 0 aliphatic rings. The van der Waals surface area contributed by atoms with Crippen molar-refractivity contribution in [2.24, 2.45) is 0 Å². The van der Waals surface area contributed by atoms with Crippen molar-refractivity contribution in [2.75, 3.05) is 7.11 Å². The van der Waals surface area contributed by atoms with E-state index in [9.17, 15) is 4.79 Å². The SMILES string of the molecule is COc1cccc(CCC(=O)N[C@@H](Cn2ccnc2)c2ccccc2)c1. The van der Waals surface area contributed by atoms with E-state index in [1.165, 1.54) is 0 Å². The maximum absolute atomic E-state index is 12.5. The predicted octanol–water partition coefficient (Wildman–Crippen LogP) is 3.38. The molecular weight excluding hydrogens is 326 g/mol. The molecule has 1 aromatic heterocycles. The first-order valence-electron chi connectivity index (χ1n) is 8.67. The van der Waals surface area contributed by atoms with Crippen LogP contribution in [-0.4, -0.2) is 22.6 Å². The lowest BCUT2D eigenvalue weighted by Gasteiger charge is -2.20. The average molecular weight is 349 g/mol. The molecule has 0 unspecified atom stereocenters. The number of carbonyl (C=O) groups excluding carboxylic acids is 1. The lowest BCUT2D eigenvalue weighted by Crippen LogP contribution is -2.31. The summed E-state index contributed by atoms with van der Waals surface area (Å²) in [5.74, 6) is 0.840. The minimum Gasteiger partial charge on any atom is -0.497 e. The number of amides is 1. The molecule has 5 nitrogen and oxygen atoms in total. The van der Waals surface area contributed by atoms with E-state index in [2.05, 4.69) is 10.3 Å². The molecule has 0 radical (unpaired) electrons. The Morgan fingerprint density at radius 2 is 2.04 bits per heavy atom. The fourth-order valence-electron chi connectivity index (χ4n) is 2.88. The number of nitrogens with one attached hydrogen (secondary N) is 1. The van der Waals surface area contributed by atoms with Crippen LogP contribution in [0.2, 0.25) is 0 Å². The van der Waals surface area contributed by atoms with Gasteiger partial charge < -0.3 is 14.6 Å². The van der Waals surface area contributed by atoms with E-state index in [-0.39, 0.29) is 11.9 Å². The smallest absolute Gasteiger partial charge is 0.220 e. The van der Waals surface area contributed by atoms with Crippen molar-refractivity contribution in [1.82, 2.24) is 14.9 Å². The molecule has 0 saturated carbocycles. The molecule has 134 valence electrons. The van der Waals surface area contributed by atoms with E-state index in [0.29, 0.717) is 19.4 Å². The number of aromatic nitrogens is 2. The fourth-order valence-corrected chi connectivity index (χ4v) is 2.88. The van der Waals surface area contributed by atoms with Crippen molar-refractivity contribution >= 4 is 5.91 Å². The molecule has 0 bridgehead atoms. The number of hydrogen-bond donors (Lipinski definition) is 1. The van der Waals surface area contributed by atoms with Crippen LogP contribution in [0.25, 0.3) is 0 Å². The zero-order valence-corrected chi connectivity index (χ0v) is 14.8. The summed E-state index contributed by atoms with van der Waals surface area (Å²) >= 11 is 0. The van der Waals surface area contributed by atoms with Crippen LogP contribution >= 0.6 is 0 Å². The third-order valence-electron chi connectivity index (χ3n) is 4.26. The summed E-state index contributed by atoms with van der Waals surface area (Å²) in [4.78, 5) is 16.6. The number of rotatable bonds is 8. The minimum absolute atomic E-state index is 0.0294. The Morgan fingerprint density at radius 3 is 2.77 bits per heavy atom. The molecular formula is C21H23N3O2. The molecule has 1 heterocycles. The van der Waals surface area contributed by atoms with E-state index >= 15 is 0 Å². The zero-order chi connectivity index (χ0) is 18.2. The Hall–Kier alpha value is -3.08. The molecule has 26 heavy (non-hydrogen) atoms. The highest BCUT2D eigenvalue weighted by atomic mass is 16.5. The summed E-state index contributed by atoms with van der Waals surface area (Å²) in [5.41, 5.74) is 2.17. The van der Waals surface area contributed by atoms with Crippen molar-refractivity contribution in [2.45, 2.75) is 25.4 Å². The number of nitrogens with zero attached hydrogens (tertiary/aromatic N) is 2. The van der Waals surface area contributed by atoms with Gasteiger partial charge >= 0.3 is 0 Å². The van der Waals surface area contributed by atoms with Gasteiger partial charge in [-0.25, -0.2) is 4.98 Å². The molecule has 0 fully saturated rings. The number of carbonyl (C=O) groups is 1. The summed E-state index contributed by atoms with van der Waals surface area (Å²) in [7, 11) is 1.65. The van der Waals surface area contributed by atoms with Crippen LogP contribution in [0.1, 0.15) is 23.6 Å². The van der Waals surface area contributed by atoms with Gasteiger partial charge in [0, 0.05) is 25.4 Å². The lowest BCUT2D eigenvalue weighted by atomic mass is 10.1. The van der Waals surface area contributed by atoms with Crippen molar-refractivity contribution < 1.29 is 9.53 Å². The fraction of sp³-hybridized carbons (Fsp3) is 0.238. The van der Waals surface area contributed by atoms with Gasteiger partial charge in [0.15, 0.2) is 0 Å². The Labute approximate surface area is 153 Å². The van der Waals surface area contributed by atoms with Crippen LogP contribution in [0.4, 0.5) is 0 Å². The van der Waals surface area contributed by atoms with Gasteiger partial charge in [-0.05, 0) is 29.7 Å². The molecule has 5 heteroatoms. The van der Waals surface area contributed by atoms with Gasteiger partial charge in [0.1, 0.15) is 5.75 Å². The highest BCUT2D eigenvalue weighted by Gasteiger charge is 2.15. The van der Waals surface area contributed by atoms with Crippen LogP contribution in [-0.2, 0) is 17.8 Å². The summed E-state index contributed by atoms with van der Waals surface area (Å²) < 4.78 is 7.21. The zero-order valence-electron chi connectivity index (χ0n) is 14.8. The first-order chi connectivity index (χ1) is 12.7. The van der Waals surface area contributed by atoms with Crippen LogP contribution < -0.4 is 10.1 Å². The molecule has 0 saturated heterocycles. The van der Waals surface area contributed by atoms with Crippen molar-refractivity contribution in [3.05, 3.63) is 84.4 Å². The molecule has 0 spiro atoms. The van der Waals surface area contributed by atoms with Gasteiger partial charge in [0.25, 0.3) is 0 Å². The molecule has 0 aliphatic heterocycles. The Balaban J connectivity index is 1.63. The number of imidazole rings is 1. The molecule has 3 rings (SSSR count). The van der Waals surface area contributed by atoms with E-state index in [0.717, 1.165) is 16.9 Å². The highest BCUT2D eigenvalue weighted by molar-refractivity contribution is 5.76. The third-order valence-corrected chi connectivity index (χ3v) is 4.26. The van der Waals surface area contributed by atoms with Gasteiger partial charge in [0.05, 0.1) is 19.5 Å². The largest absolute Gasteiger partial charge is 0.497 e. The van der Waals surface area contributed by atoms with Crippen LogP contribution in [0.5, 0.6) is 5.75 Å². The van der Waals surface area contributed by atoms with Crippen LogP contribution in [0.15, 0.2) is 73.3 Å². The summed E-state index contributed by atoms with van der Waals surface area (Å²) in [6.45, 7) is 0.648. The molecule has 1 atom stereocenters. The van der Waals surface area contributed by atoms with E-state index < -0.39 is 0 Å². The Morgan fingerprint density at radius 1 is 1.19 bits per heavy atom. The second-order valence-corrected chi connectivity index (χ2v) is 6.14. The van der Waals surface area contributed by atoms with Gasteiger partial charge in [-0.3, -0.25) is 4.79 Å². The van der Waals surface area contributed by atoms with Crippen molar-refractivity contribution in [3.63, 3.8) is 0 Å². The van der Waals surface area contributed by atoms with Gasteiger partial charge in [-0.2, -0.15) is 0 Å². The number of aryl methyl sites for hydroxylation is 1. The van der Waals surface area contributed by atoms with Gasteiger partial charge in [-0.15, -0.1) is 0 Å². The highest BCUT2D eigenvalue weighted by Crippen LogP contribution is 2.17. The predicted molar refractivity (Wildman–Crippen MR) is 101 cm³/mol. The molecule has 2 aromatic carbocycles. The Kier molecular flexibility index (Phi) is 6.04. The first-order valence-corrected chi connectivity index (χ1v) is 8.67.